The van der Waals surface area contributed by atoms with Gasteiger partial charge in [-0.25, -0.2) is 0 Å². The van der Waals surface area contributed by atoms with E-state index < -0.39 is 5.54 Å². The molecule has 0 saturated heterocycles. The van der Waals surface area contributed by atoms with Crippen LogP contribution < -0.4 is 10.1 Å². The van der Waals surface area contributed by atoms with Gasteiger partial charge in [-0.2, -0.15) is 5.26 Å². The van der Waals surface area contributed by atoms with Gasteiger partial charge in [0.25, 0.3) is 0 Å². The molecular formula is C16H22N2O. The minimum absolute atomic E-state index is 0.132. The number of aryl methyl sites for hydroxylation is 1. The van der Waals surface area contributed by atoms with Crippen LogP contribution in [-0.2, 0) is 0 Å². The summed E-state index contributed by atoms with van der Waals surface area (Å²) >= 11 is 0. The number of ether oxygens (including phenoxy) is 1. The van der Waals surface area contributed by atoms with Crippen molar-refractivity contribution < 1.29 is 4.74 Å². The van der Waals surface area contributed by atoms with Gasteiger partial charge in [-0.15, -0.1) is 0 Å². The zero-order valence-electron chi connectivity index (χ0n) is 11.9. The van der Waals surface area contributed by atoms with Crippen LogP contribution in [0, 0.1) is 18.3 Å². The molecule has 2 rings (SSSR count). The van der Waals surface area contributed by atoms with Gasteiger partial charge in [-0.1, -0.05) is 12.1 Å². The molecule has 0 aromatic heterocycles. The summed E-state index contributed by atoms with van der Waals surface area (Å²) in [7, 11) is 0. The fraction of sp³-hybridized carbons (Fsp3) is 0.562. The Hall–Kier alpha value is -1.53. The van der Waals surface area contributed by atoms with Gasteiger partial charge in [0.2, 0.25) is 0 Å². The molecule has 1 aliphatic carbocycles. The van der Waals surface area contributed by atoms with E-state index in [0.29, 0.717) is 6.04 Å². The quantitative estimate of drug-likeness (QED) is 0.902. The van der Waals surface area contributed by atoms with Crippen molar-refractivity contribution in [2.75, 3.05) is 0 Å². The van der Waals surface area contributed by atoms with Gasteiger partial charge in [0.1, 0.15) is 17.4 Å². The zero-order chi connectivity index (χ0) is 13.9. The molecule has 1 fully saturated rings. The molecule has 0 spiro atoms. The van der Waals surface area contributed by atoms with E-state index in [0.717, 1.165) is 25.0 Å². The summed E-state index contributed by atoms with van der Waals surface area (Å²) < 4.78 is 6.00. The average Bonchev–Trinajstić information content (AvgIpc) is 2.72. The van der Waals surface area contributed by atoms with Crippen LogP contribution >= 0.6 is 0 Å². The third kappa shape index (κ3) is 3.48. The highest BCUT2D eigenvalue weighted by molar-refractivity contribution is 5.28. The lowest BCUT2D eigenvalue weighted by atomic mass is 9.98. The maximum absolute atomic E-state index is 9.43. The van der Waals surface area contributed by atoms with Gasteiger partial charge in [0.15, 0.2) is 0 Å². The van der Waals surface area contributed by atoms with Crippen molar-refractivity contribution in [2.24, 2.45) is 0 Å². The second kappa shape index (κ2) is 5.63. The third-order valence-corrected chi connectivity index (χ3v) is 3.54. The van der Waals surface area contributed by atoms with Crippen molar-refractivity contribution in [3.05, 3.63) is 29.8 Å². The number of nitrogens with one attached hydrogen (secondary N) is 1. The summed E-state index contributed by atoms with van der Waals surface area (Å²) in [6, 6.07) is 10.8. The highest BCUT2D eigenvalue weighted by atomic mass is 16.5. The number of benzene rings is 1. The van der Waals surface area contributed by atoms with Crippen molar-refractivity contribution in [1.29, 1.82) is 5.26 Å². The fourth-order valence-electron chi connectivity index (χ4n) is 2.80. The summed E-state index contributed by atoms with van der Waals surface area (Å²) in [5, 5.41) is 12.8. The number of rotatable bonds is 4. The van der Waals surface area contributed by atoms with Crippen LogP contribution in [0.2, 0.25) is 0 Å². The van der Waals surface area contributed by atoms with E-state index in [9.17, 15) is 5.26 Å². The molecule has 0 radical (unpaired) electrons. The predicted octanol–water partition coefficient (Wildman–Crippen LogP) is 3.19. The molecule has 0 aliphatic heterocycles. The Morgan fingerprint density at radius 3 is 2.89 bits per heavy atom. The third-order valence-electron chi connectivity index (χ3n) is 3.54. The van der Waals surface area contributed by atoms with Crippen LogP contribution in [0.15, 0.2) is 24.3 Å². The average molecular weight is 258 g/mol. The van der Waals surface area contributed by atoms with E-state index in [2.05, 4.69) is 38.2 Å². The van der Waals surface area contributed by atoms with Crippen LogP contribution in [-0.4, -0.2) is 17.7 Å². The molecule has 1 aliphatic rings. The van der Waals surface area contributed by atoms with Crippen molar-refractivity contribution in [3.8, 4) is 11.8 Å². The van der Waals surface area contributed by atoms with Crippen molar-refractivity contribution in [1.82, 2.24) is 5.32 Å². The van der Waals surface area contributed by atoms with E-state index >= 15 is 0 Å². The van der Waals surface area contributed by atoms with Crippen molar-refractivity contribution >= 4 is 0 Å². The first-order valence-electron chi connectivity index (χ1n) is 6.95. The van der Waals surface area contributed by atoms with Gasteiger partial charge in [-0.3, -0.25) is 5.32 Å². The van der Waals surface area contributed by atoms with Gasteiger partial charge < -0.3 is 4.74 Å². The summed E-state index contributed by atoms with van der Waals surface area (Å²) in [6.45, 7) is 6.21. The zero-order valence-corrected chi connectivity index (χ0v) is 11.9. The summed E-state index contributed by atoms with van der Waals surface area (Å²) in [5.74, 6) is 0.906. The first kappa shape index (κ1) is 13.9. The molecule has 3 heteroatoms. The lowest BCUT2D eigenvalue weighted by Crippen LogP contribution is -2.46. The molecule has 19 heavy (non-hydrogen) atoms. The molecule has 0 bridgehead atoms. The lowest BCUT2D eigenvalue weighted by Gasteiger charge is -2.25. The Labute approximate surface area is 115 Å². The van der Waals surface area contributed by atoms with Crippen molar-refractivity contribution in [3.63, 3.8) is 0 Å². The molecule has 102 valence electrons. The first-order valence-corrected chi connectivity index (χ1v) is 6.95. The number of nitriles is 1. The largest absolute Gasteiger partial charge is 0.490 e. The van der Waals surface area contributed by atoms with Crippen LogP contribution in [0.4, 0.5) is 0 Å². The standard InChI is InChI=1S/C16H22N2O/c1-12(2)18-16(11-17)8-7-15(10-16)19-14-6-4-5-13(3)9-14/h4-6,9,12,15,18H,7-8,10H2,1-3H3. The molecule has 1 N–H and O–H groups in total. The van der Waals surface area contributed by atoms with E-state index in [4.69, 9.17) is 4.74 Å². The normalized spacial score (nSPS) is 26.4. The maximum atomic E-state index is 9.43. The molecular weight excluding hydrogens is 236 g/mol. The molecule has 1 saturated carbocycles. The Morgan fingerprint density at radius 1 is 1.47 bits per heavy atom. The van der Waals surface area contributed by atoms with Gasteiger partial charge in [-0.05, 0) is 51.3 Å². The fourth-order valence-corrected chi connectivity index (χ4v) is 2.80. The smallest absolute Gasteiger partial charge is 0.119 e. The second-order valence-corrected chi connectivity index (χ2v) is 5.79. The first-order chi connectivity index (χ1) is 9.03. The Balaban J connectivity index is 2.00. The van der Waals surface area contributed by atoms with Crippen LogP contribution in [0.25, 0.3) is 0 Å². The van der Waals surface area contributed by atoms with E-state index in [-0.39, 0.29) is 6.10 Å². The van der Waals surface area contributed by atoms with Crippen LogP contribution in [0.1, 0.15) is 38.7 Å². The Kier molecular flexibility index (Phi) is 4.11. The molecule has 2 atom stereocenters. The lowest BCUT2D eigenvalue weighted by molar-refractivity contribution is 0.199. The minimum atomic E-state index is -0.414. The summed E-state index contributed by atoms with van der Waals surface area (Å²) in [5.41, 5.74) is 0.783. The topological polar surface area (TPSA) is 45.0 Å². The second-order valence-electron chi connectivity index (χ2n) is 5.79. The molecule has 2 unspecified atom stereocenters. The van der Waals surface area contributed by atoms with E-state index in [1.807, 2.05) is 18.2 Å². The SMILES string of the molecule is Cc1cccc(OC2CCC(C#N)(NC(C)C)C2)c1. The number of hydrogen-bond acceptors (Lipinski definition) is 3. The van der Waals surface area contributed by atoms with E-state index in [1.54, 1.807) is 0 Å². The van der Waals surface area contributed by atoms with Gasteiger partial charge >= 0.3 is 0 Å². The Morgan fingerprint density at radius 2 is 2.26 bits per heavy atom. The summed E-state index contributed by atoms with van der Waals surface area (Å²) in [6.07, 6.45) is 2.68. The predicted molar refractivity (Wildman–Crippen MR) is 76.1 cm³/mol. The van der Waals surface area contributed by atoms with Gasteiger partial charge in [0.05, 0.1) is 6.07 Å². The summed E-state index contributed by atoms with van der Waals surface area (Å²) in [4.78, 5) is 0. The Bertz CT molecular complexity index is 478. The molecule has 3 nitrogen and oxygen atoms in total. The monoisotopic (exact) mass is 258 g/mol. The highest BCUT2D eigenvalue weighted by Gasteiger charge is 2.40. The minimum Gasteiger partial charge on any atom is -0.490 e. The highest BCUT2D eigenvalue weighted by Crippen LogP contribution is 2.33. The van der Waals surface area contributed by atoms with Crippen LogP contribution in [0.5, 0.6) is 5.75 Å². The van der Waals surface area contributed by atoms with Crippen LogP contribution in [0.3, 0.4) is 0 Å². The van der Waals surface area contributed by atoms with Crippen molar-refractivity contribution in [2.45, 2.75) is 57.7 Å². The number of hydrogen-bond donors (Lipinski definition) is 1. The molecule has 1 aromatic carbocycles. The molecule has 1 aromatic rings. The molecule has 0 heterocycles. The van der Waals surface area contributed by atoms with Gasteiger partial charge in [0, 0.05) is 12.5 Å². The number of nitrogens with zero attached hydrogens (tertiary/aromatic N) is 1. The maximum Gasteiger partial charge on any atom is 0.119 e. The van der Waals surface area contributed by atoms with E-state index in [1.165, 1.54) is 5.56 Å². The molecule has 0 amide bonds.